The Balaban J connectivity index is 2.38. The maximum atomic E-state index is 12.0. The highest BCUT2D eigenvalue weighted by molar-refractivity contribution is 6.02. The van der Waals surface area contributed by atoms with E-state index in [4.69, 9.17) is 4.74 Å². The zero-order valence-electron chi connectivity index (χ0n) is 12.8. The first-order valence-corrected chi connectivity index (χ1v) is 7.14. The van der Waals surface area contributed by atoms with Gasteiger partial charge in [-0.25, -0.2) is 0 Å². The van der Waals surface area contributed by atoms with Crippen LogP contribution in [0.1, 0.15) is 30.1 Å². The molecule has 0 N–H and O–H groups in total. The molecule has 0 saturated carbocycles. The van der Waals surface area contributed by atoms with E-state index in [-0.39, 0.29) is 5.78 Å². The predicted octanol–water partition coefficient (Wildman–Crippen LogP) is 2.43. The number of anilines is 1. The van der Waals surface area contributed by atoms with Crippen LogP contribution in [0.3, 0.4) is 0 Å². The zero-order valence-corrected chi connectivity index (χ0v) is 12.8. The van der Waals surface area contributed by atoms with E-state index in [1.165, 1.54) is 12.8 Å². The second-order valence-corrected chi connectivity index (χ2v) is 5.66. The molecule has 1 unspecified atom stereocenters. The molecule has 0 spiro atoms. The number of hydrogen-bond acceptors (Lipinski definition) is 4. The van der Waals surface area contributed by atoms with Gasteiger partial charge in [-0.3, -0.25) is 4.79 Å². The van der Waals surface area contributed by atoms with Gasteiger partial charge in [0.25, 0.3) is 0 Å². The first-order chi connectivity index (χ1) is 9.54. The molecule has 4 heteroatoms. The molecular formula is C16H24N2O2. The number of carbonyl (C=O) groups is 1. The quantitative estimate of drug-likeness (QED) is 0.773. The van der Waals surface area contributed by atoms with Crippen LogP contribution >= 0.6 is 0 Å². The summed E-state index contributed by atoms with van der Waals surface area (Å²) in [4.78, 5) is 16.6. The van der Waals surface area contributed by atoms with E-state index in [1.807, 2.05) is 18.2 Å². The third kappa shape index (κ3) is 2.96. The lowest BCUT2D eigenvalue weighted by Crippen LogP contribution is -2.38. The molecule has 1 atom stereocenters. The van der Waals surface area contributed by atoms with E-state index in [0.717, 1.165) is 18.8 Å². The Morgan fingerprint density at radius 2 is 2.20 bits per heavy atom. The molecule has 1 aliphatic heterocycles. The molecule has 0 aromatic heterocycles. The van der Waals surface area contributed by atoms with Crippen LogP contribution in [0.4, 0.5) is 5.69 Å². The SMILES string of the molecule is COc1cccc(N2CCCC2CN(C)C)c1C(C)=O. The van der Waals surface area contributed by atoms with Gasteiger partial charge < -0.3 is 14.5 Å². The van der Waals surface area contributed by atoms with Crippen molar-refractivity contribution in [3.8, 4) is 5.75 Å². The Labute approximate surface area is 121 Å². The second kappa shape index (κ2) is 6.27. The van der Waals surface area contributed by atoms with E-state index in [0.29, 0.717) is 17.4 Å². The summed E-state index contributed by atoms with van der Waals surface area (Å²) in [6, 6.07) is 6.33. The number of Topliss-reactive ketones (excluding diaryl/α,β-unsaturated/α-hetero) is 1. The molecule has 1 aromatic rings. The fourth-order valence-corrected chi connectivity index (χ4v) is 3.05. The lowest BCUT2D eigenvalue weighted by Gasteiger charge is -2.30. The summed E-state index contributed by atoms with van der Waals surface area (Å²) < 4.78 is 5.37. The number of ketones is 1. The van der Waals surface area contributed by atoms with Crippen LogP contribution in [0.5, 0.6) is 5.75 Å². The van der Waals surface area contributed by atoms with Gasteiger partial charge in [-0.1, -0.05) is 6.07 Å². The summed E-state index contributed by atoms with van der Waals surface area (Å²) in [5.74, 6) is 0.735. The Bertz CT molecular complexity index is 485. The van der Waals surface area contributed by atoms with Crippen molar-refractivity contribution < 1.29 is 9.53 Å². The van der Waals surface area contributed by atoms with Gasteiger partial charge in [0.05, 0.1) is 18.4 Å². The van der Waals surface area contributed by atoms with E-state index >= 15 is 0 Å². The minimum Gasteiger partial charge on any atom is -0.496 e. The molecule has 0 amide bonds. The normalized spacial score (nSPS) is 18.6. The highest BCUT2D eigenvalue weighted by Crippen LogP contribution is 2.34. The van der Waals surface area contributed by atoms with Crippen LogP contribution in [-0.4, -0.2) is 51.0 Å². The largest absolute Gasteiger partial charge is 0.496 e. The minimum atomic E-state index is 0.0629. The fourth-order valence-electron chi connectivity index (χ4n) is 3.05. The fraction of sp³-hybridized carbons (Fsp3) is 0.562. The number of carbonyl (C=O) groups excluding carboxylic acids is 1. The Kier molecular flexibility index (Phi) is 4.65. The number of ether oxygens (including phenoxy) is 1. The third-order valence-corrected chi connectivity index (χ3v) is 3.84. The van der Waals surface area contributed by atoms with Crippen LogP contribution in [0.15, 0.2) is 18.2 Å². The molecule has 1 heterocycles. The van der Waals surface area contributed by atoms with Crippen molar-refractivity contribution in [2.75, 3.05) is 39.2 Å². The summed E-state index contributed by atoms with van der Waals surface area (Å²) in [6.07, 6.45) is 2.35. The van der Waals surface area contributed by atoms with Gasteiger partial charge >= 0.3 is 0 Å². The average molecular weight is 276 g/mol. The maximum absolute atomic E-state index is 12.0. The van der Waals surface area contributed by atoms with E-state index in [9.17, 15) is 4.79 Å². The number of likely N-dealkylation sites (N-methyl/N-ethyl adjacent to an activating group) is 1. The summed E-state index contributed by atoms with van der Waals surface area (Å²) in [6.45, 7) is 3.62. The molecule has 1 saturated heterocycles. The van der Waals surface area contributed by atoms with Gasteiger partial charge in [0, 0.05) is 19.1 Å². The van der Waals surface area contributed by atoms with Crippen molar-refractivity contribution in [3.05, 3.63) is 23.8 Å². The second-order valence-electron chi connectivity index (χ2n) is 5.66. The topological polar surface area (TPSA) is 32.8 Å². The Hall–Kier alpha value is -1.55. The molecule has 4 nitrogen and oxygen atoms in total. The summed E-state index contributed by atoms with van der Waals surface area (Å²) in [7, 11) is 5.80. The van der Waals surface area contributed by atoms with Crippen LogP contribution in [0.2, 0.25) is 0 Å². The van der Waals surface area contributed by atoms with Crippen molar-refractivity contribution in [3.63, 3.8) is 0 Å². The standard InChI is InChI=1S/C16H24N2O2/c1-12(19)16-14(8-5-9-15(16)20-4)18-10-6-7-13(18)11-17(2)3/h5,8-9,13H,6-7,10-11H2,1-4H3. The molecular weight excluding hydrogens is 252 g/mol. The lowest BCUT2D eigenvalue weighted by molar-refractivity contribution is 0.101. The smallest absolute Gasteiger partial charge is 0.165 e. The number of hydrogen-bond donors (Lipinski definition) is 0. The lowest BCUT2D eigenvalue weighted by atomic mass is 10.1. The van der Waals surface area contributed by atoms with E-state index < -0.39 is 0 Å². The average Bonchev–Trinajstić information content (AvgIpc) is 2.84. The monoisotopic (exact) mass is 276 g/mol. The van der Waals surface area contributed by atoms with Gasteiger partial charge in [-0.05, 0) is 46.0 Å². The van der Waals surface area contributed by atoms with Gasteiger partial charge in [0.15, 0.2) is 5.78 Å². The molecule has 0 radical (unpaired) electrons. The number of rotatable bonds is 5. The van der Waals surface area contributed by atoms with Gasteiger partial charge in [0.2, 0.25) is 0 Å². The van der Waals surface area contributed by atoms with Crippen LogP contribution < -0.4 is 9.64 Å². The zero-order chi connectivity index (χ0) is 14.7. The first-order valence-electron chi connectivity index (χ1n) is 7.14. The molecule has 0 bridgehead atoms. The predicted molar refractivity (Wildman–Crippen MR) is 81.9 cm³/mol. The molecule has 1 aromatic carbocycles. The first kappa shape index (κ1) is 14.9. The summed E-state index contributed by atoms with van der Waals surface area (Å²) in [5.41, 5.74) is 1.72. The summed E-state index contributed by atoms with van der Waals surface area (Å²) in [5, 5.41) is 0. The van der Waals surface area contributed by atoms with Crippen LogP contribution in [-0.2, 0) is 0 Å². The minimum absolute atomic E-state index is 0.0629. The van der Waals surface area contributed by atoms with Crippen molar-refractivity contribution >= 4 is 11.5 Å². The molecule has 20 heavy (non-hydrogen) atoms. The van der Waals surface area contributed by atoms with Crippen LogP contribution in [0.25, 0.3) is 0 Å². The van der Waals surface area contributed by atoms with Crippen molar-refractivity contribution in [1.29, 1.82) is 0 Å². The van der Waals surface area contributed by atoms with E-state index in [1.54, 1.807) is 14.0 Å². The molecule has 1 aliphatic rings. The highest BCUT2D eigenvalue weighted by atomic mass is 16.5. The van der Waals surface area contributed by atoms with Crippen molar-refractivity contribution in [1.82, 2.24) is 4.90 Å². The number of nitrogens with zero attached hydrogens (tertiary/aromatic N) is 2. The number of methoxy groups -OCH3 is 1. The Morgan fingerprint density at radius 3 is 2.80 bits per heavy atom. The van der Waals surface area contributed by atoms with Crippen molar-refractivity contribution in [2.45, 2.75) is 25.8 Å². The highest BCUT2D eigenvalue weighted by Gasteiger charge is 2.28. The summed E-state index contributed by atoms with van der Waals surface area (Å²) >= 11 is 0. The number of benzene rings is 1. The van der Waals surface area contributed by atoms with Gasteiger partial charge in [-0.2, -0.15) is 0 Å². The van der Waals surface area contributed by atoms with Gasteiger partial charge in [0.1, 0.15) is 5.75 Å². The molecule has 0 aliphatic carbocycles. The van der Waals surface area contributed by atoms with E-state index in [2.05, 4.69) is 23.9 Å². The third-order valence-electron chi connectivity index (χ3n) is 3.84. The molecule has 110 valence electrons. The van der Waals surface area contributed by atoms with Crippen molar-refractivity contribution in [2.24, 2.45) is 0 Å². The van der Waals surface area contributed by atoms with Gasteiger partial charge in [-0.15, -0.1) is 0 Å². The molecule has 1 fully saturated rings. The Morgan fingerprint density at radius 1 is 1.45 bits per heavy atom. The molecule has 2 rings (SSSR count). The maximum Gasteiger partial charge on any atom is 0.165 e. The van der Waals surface area contributed by atoms with Crippen LogP contribution in [0, 0.1) is 0 Å².